The van der Waals surface area contributed by atoms with E-state index in [0.29, 0.717) is 43.2 Å². The molecule has 1 atom stereocenters. The lowest BCUT2D eigenvalue weighted by molar-refractivity contribution is -0.384. The van der Waals surface area contributed by atoms with Gasteiger partial charge in [0.25, 0.3) is 21.6 Å². The highest BCUT2D eigenvalue weighted by Crippen LogP contribution is 2.47. The van der Waals surface area contributed by atoms with Crippen LogP contribution in [0.2, 0.25) is 0 Å². The summed E-state index contributed by atoms with van der Waals surface area (Å²) >= 11 is 0. The second-order valence-corrected chi connectivity index (χ2v) is 18.8. The van der Waals surface area contributed by atoms with Crippen molar-refractivity contribution in [3.63, 3.8) is 0 Å². The number of nitrogens with one attached hydrogen (secondary N) is 3. The molecule has 1 saturated carbocycles. The number of carbonyl (C=O) groups is 1. The Kier molecular flexibility index (Phi) is 11.1. The van der Waals surface area contributed by atoms with Crippen molar-refractivity contribution in [2.45, 2.75) is 61.4 Å². The number of anilines is 2. The maximum atomic E-state index is 13.9. The van der Waals surface area contributed by atoms with Crippen LogP contribution in [0.25, 0.3) is 22.2 Å². The molecule has 1 unspecified atom stereocenters. The normalized spacial score (nSPS) is 18.6. The number of carbonyl (C=O) groups excluding carboxylic acids is 1. The predicted molar refractivity (Wildman–Crippen MR) is 241 cm³/mol. The van der Waals surface area contributed by atoms with Gasteiger partial charge in [-0.15, -0.1) is 0 Å². The van der Waals surface area contributed by atoms with E-state index in [4.69, 9.17) is 9.47 Å². The van der Waals surface area contributed by atoms with Gasteiger partial charge in [-0.3, -0.25) is 19.8 Å². The summed E-state index contributed by atoms with van der Waals surface area (Å²) in [6.45, 7) is 4.81. The number of amides is 1. The van der Waals surface area contributed by atoms with Crippen LogP contribution in [0, 0.1) is 16.0 Å². The maximum Gasteiger partial charge on any atom is 0.293 e. The molecule has 15 heteroatoms. The first-order valence-corrected chi connectivity index (χ1v) is 23.3. The fourth-order valence-corrected chi connectivity index (χ4v) is 10.4. The molecule has 1 aliphatic carbocycles. The molecule has 0 bridgehead atoms. The summed E-state index contributed by atoms with van der Waals surface area (Å²) in [5.41, 5.74) is 6.24. The molecule has 4 aliphatic rings. The molecule has 6 aromatic rings. The molecule has 324 valence electrons. The number of benzene rings is 4. The van der Waals surface area contributed by atoms with Gasteiger partial charge in [-0.1, -0.05) is 42.5 Å². The van der Waals surface area contributed by atoms with Gasteiger partial charge in [-0.2, -0.15) is 0 Å². The van der Waals surface area contributed by atoms with Gasteiger partial charge < -0.3 is 24.7 Å². The first-order chi connectivity index (χ1) is 30.7. The lowest BCUT2D eigenvalue weighted by Crippen LogP contribution is -2.59. The molecule has 4 aromatic carbocycles. The Balaban J connectivity index is 0.860. The van der Waals surface area contributed by atoms with Crippen molar-refractivity contribution in [3.8, 4) is 22.6 Å². The zero-order chi connectivity index (χ0) is 43.1. The van der Waals surface area contributed by atoms with Gasteiger partial charge in [0, 0.05) is 68.3 Å². The highest BCUT2D eigenvalue weighted by molar-refractivity contribution is 7.90. The van der Waals surface area contributed by atoms with Gasteiger partial charge in [-0.05, 0) is 128 Å². The van der Waals surface area contributed by atoms with Crippen LogP contribution in [0.4, 0.5) is 17.1 Å². The fraction of sp³-hybridized carbons (Fsp3) is 0.333. The number of aromatic nitrogens is 2. The number of aromatic amines is 1. The molecule has 3 aliphatic heterocycles. The molecule has 0 radical (unpaired) electrons. The van der Waals surface area contributed by atoms with Gasteiger partial charge in [-0.25, -0.2) is 18.1 Å². The largest absolute Gasteiger partial charge is 0.455 e. The second-order valence-electron chi connectivity index (χ2n) is 17.1. The molecule has 10 rings (SSSR count). The van der Waals surface area contributed by atoms with E-state index in [1.165, 1.54) is 55.6 Å². The summed E-state index contributed by atoms with van der Waals surface area (Å²) in [7, 11) is -4.56. The monoisotopic (exact) mass is 867 g/mol. The van der Waals surface area contributed by atoms with Gasteiger partial charge in [0.2, 0.25) is 0 Å². The zero-order valence-electron chi connectivity index (χ0n) is 34.7. The molecule has 0 spiro atoms. The summed E-state index contributed by atoms with van der Waals surface area (Å²) in [4.78, 5) is 37.5. The highest BCUT2D eigenvalue weighted by atomic mass is 32.2. The van der Waals surface area contributed by atoms with Crippen molar-refractivity contribution in [3.05, 3.63) is 136 Å². The molecular weight excluding hydrogens is 819 g/mol. The van der Waals surface area contributed by atoms with Crippen molar-refractivity contribution in [2.75, 3.05) is 49.6 Å². The van der Waals surface area contributed by atoms with E-state index in [1.54, 1.807) is 30.0 Å². The molecule has 4 fully saturated rings. The SMILES string of the molecule is O=C(NS(=O)(=O)c1ccc(NCC2CCOCC2)c([N+](=O)[O-])c1)c1ccc(-c2ccc(N3CC(N4CCCC4c4ccccc4C4CC4)C3)cc2)cc1Oc1cnc2[nH]ccc2c1. The minimum atomic E-state index is -4.56. The van der Waals surface area contributed by atoms with Crippen molar-refractivity contribution >= 4 is 44.0 Å². The molecule has 3 saturated heterocycles. The summed E-state index contributed by atoms with van der Waals surface area (Å²) in [5, 5.41) is 16.0. The number of nitro groups is 1. The topological polar surface area (TPSA) is 172 Å². The molecule has 2 aromatic heterocycles. The number of H-pyrrole nitrogens is 1. The quantitative estimate of drug-likeness (QED) is 0.0706. The van der Waals surface area contributed by atoms with E-state index in [2.05, 4.69) is 66.2 Å². The van der Waals surface area contributed by atoms with Crippen LogP contribution in [0.3, 0.4) is 0 Å². The van der Waals surface area contributed by atoms with E-state index in [9.17, 15) is 23.3 Å². The van der Waals surface area contributed by atoms with E-state index in [1.807, 2.05) is 18.2 Å². The second kappa shape index (κ2) is 17.1. The standard InChI is InChI=1S/C48H49N7O7S/c56-48(52-63(59,60)39-14-16-43(45(26-39)55(57)58)50-27-31-18-22-61-23-19-31)42-15-11-34(25-46(42)62-38-24-35-17-20-49-47(35)51-28-38)32-9-12-36(13-10-32)53-29-37(30-53)54-21-3-6-44(54)41-5-2-1-4-40(41)33-7-8-33/h1-2,4-5,9-17,20,24-26,28,31,33,37,44,50H,3,6-8,18-19,21-23,27,29-30H2,(H,49,51)(H,52,56). The van der Waals surface area contributed by atoms with Crippen LogP contribution >= 0.6 is 0 Å². The van der Waals surface area contributed by atoms with Gasteiger partial charge in [0.1, 0.15) is 22.8 Å². The summed E-state index contributed by atoms with van der Waals surface area (Å²) in [6.07, 6.45) is 9.97. The Morgan fingerprint density at radius 3 is 2.46 bits per heavy atom. The number of sulfonamides is 1. The van der Waals surface area contributed by atoms with Crippen molar-refractivity contribution in [1.29, 1.82) is 0 Å². The third-order valence-corrected chi connectivity index (χ3v) is 14.3. The molecule has 3 N–H and O–H groups in total. The Labute approximate surface area is 365 Å². The van der Waals surface area contributed by atoms with Crippen LogP contribution in [0.5, 0.6) is 11.5 Å². The third kappa shape index (κ3) is 8.60. The Bertz CT molecular complexity index is 2780. The zero-order valence-corrected chi connectivity index (χ0v) is 35.6. The van der Waals surface area contributed by atoms with E-state index >= 15 is 0 Å². The highest BCUT2D eigenvalue weighted by Gasteiger charge is 2.40. The number of fused-ring (bicyclic) bond motifs is 1. The molecule has 63 heavy (non-hydrogen) atoms. The van der Waals surface area contributed by atoms with Crippen LogP contribution < -0.4 is 19.7 Å². The van der Waals surface area contributed by atoms with Gasteiger partial charge in [0.15, 0.2) is 0 Å². The summed E-state index contributed by atoms with van der Waals surface area (Å²) in [5.74, 6) is 0.491. The summed E-state index contributed by atoms with van der Waals surface area (Å²) in [6, 6.07) is 30.5. The first kappa shape index (κ1) is 40.8. The van der Waals surface area contributed by atoms with Gasteiger partial charge >= 0.3 is 0 Å². The Morgan fingerprint density at radius 1 is 0.905 bits per heavy atom. The minimum Gasteiger partial charge on any atom is -0.455 e. The summed E-state index contributed by atoms with van der Waals surface area (Å²) < 4.78 is 41.1. The van der Waals surface area contributed by atoms with E-state index in [0.717, 1.165) is 66.7 Å². The molecule has 14 nitrogen and oxygen atoms in total. The van der Waals surface area contributed by atoms with Crippen molar-refractivity contribution in [2.24, 2.45) is 5.92 Å². The number of pyridine rings is 1. The number of nitrogens with zero attached hydrogens (tertiary/aromatic N) is 4. The average molecular weight is 868 g/mol. The number of nitro benzene ring substituents is 1. The number of rotatable bonds is 14. The molecule has 5 heterocycles. The maximum absolute atomic E-state index is 13.9. The number of likely N-dealkylation sites (tertiary alicyclic amines) is 1. The predicted octanol–water partition coefficient (Wildman–Crippen LogP) is 8.79. The lowest BCUT2D eigenvalue weighted by atomic mass is 9.94. The smallest absolute Gasteiger partial charge is 0.293 e. The third-order valence-electron chi connectivity index (χ3n) is 13.0. The Hall–Kier alpha value is -6.29. The van der Waals surface area contributed by atoms with E-state index < -0.39 is 31.4 Å². The first-order valence-electron chi connectivity index (χ1n) is 21.8. The molecular formula is C48H49N7O7S. The minimum absolute atomic E-state index is 0.0519. The van der Waals surface area contributed by atoms with E-state index in [-0.39, 0.29) is 22.9 Å². The number of hydrogen-bond acceptors (Lipinski definition) is 11. The van der Waals surface area contributed by atoms with Crippen LogP contribution in [0.1, 0.15) is 72.0 Å². The van der Waals surface area contributed by atoms with Crippen molar-refractivity contribution < 1.29 is 27.6 Å². The van der Waals surface area contributed by atoms with Crippen molar-refractivity contribution in [1.82, 2.24) is 19.6 Å². The van der Waals surface area contributed by atoms with Crippen LogP contribution in [0.15, 0.2) is 114 Å². The number of ether oxygens (including phenoxy) is 2. The van der Waals surface area contributed by atoms with Gasteiger partial charge in [0.05, 0.1) is 21.6 Å². The average Bonchev–Trinajstić information content (AvgIpc) is 3.83. The van der Waals surface area contributed by atoms with Crippen LogP contribution in [-0.4, -0.2) is 79.6 Å². The lowest BCUT2D eigenvalue weighted by Gasteiger charge is -2.47. The fourth-order valence-electron chi connectivity index (χ4n) is 9.38. The molecule has 1 amide bonds. The Morgan fingerprint density at radius 2 is 1.68 bits per heavy atom. The van der Waals surface area contributed by atoms with Crippen LogP contribution in [-0.2, 0) is 14.8 Å². The number of hydrogen-bond donors (Lipinski definition) is 3.